The van der Waals surface area contributed by atoms with E-state index in [-0.39, 0.29) is 47.9 Å². The molecule has 0 atom stereocenters. The summed E-state index contributed by atoms with van der Waals surface area (Å²) in [6.07, 6.45) is 2.03. The van der Waals surface area contributed by atoms with Crippen molar-refractivity contribution in [2.75, 3.05) is 12.0 Å². The fraction of sp³-hybridized carbons (Fsp3) is 0.667. The molecule has 0 unspecified atom stereocenters. The average Bonchev–Trinajstić information content (AvgIpc) is 1.69. The summed E-state index contributed by atoms with van der Waals surface area (Å²) in [7, 11) is 0. The molecule has 6 heteroatoms. The van der Waals surface area contributed by atoms with E-state index in [2.05, 4.69) is 6.92 Å². The summed E-state index contributed by atoms with van der Waals surface area (Å²) in [5.74, 6) is 0.986. The Labute approximate surface area is 100 Å². The first-order chi connectivity index (χ1) is 3.33. The van der Waals surface area contributed by atoms with Crippen LogP contribution in [0.15, 0.2) is 0 Å². The minimum absolute atomic E-state index is 0. The predicted molar refractivity (Wildman–Crippen MR) is 31.9 cm³/mol. The molecule has 0 aliphatic rings. The van der Waals surface area contributed by atoms with E-state index in [1.807, 2.05) is 6.26 Å². The van der Waals surface area contributed by atoms with E-state index in [1.165, 1.54) is 0 Å². The minimum atomic E-state index is -0.625. The molecule has 0 aliphatic carbocycles. The Kier molecular flexibility index (Phi) is 81.2. The number of rotatable bonds is 1. The first kappa shape index (κ1) is 22.4. The van der Waals surface area contributed by atoms with E-state index in [4.69, 9.17) is 8.15 Å². The van der Waals surface area contributed by atoms with Gasteiger partial charge < -0.3 is 13.1 Å². The van der Waals surface area contributed by atoms with Crippen molar-refractivity contribution in [3.8, 4) is 0 Å². The molecule has 61 valence electrons. The summed E-state index contributed by atoms with van der Waals surface area (Å²) < 4.78 is 15.4. The third kappa shape index (κ3) is 72.5. The molecule has 0 amide bonds. The molecule has 0 aliphatic heterocycles. The maximum atomic E-state index is 8.42. The van der Waals surface area contributed by atoms with Crippen LogP contribution < -0.4 is 0 Å². The summed E-state index contributed by atoms with van der Waals surface area (Å²) in [5.41, 5.74) is 0. The van der Waals surface area contributed by atoms with Crippen LogP contribution in [-0.4, -0.2) is 16.3 Å². The van der Waals surface area contributed by atoms with E-state index in [0.29, 0.717) is 0 Å². The van der Waals surface area contributed by atoms with E-state index in [1.54, 1.807) is 11.8 Å². The molecule has 0 rings (SSSR count). The monoisotopic (exact) mass is 322 g/mol. The number of hydrogen-bond acceptors (Lipinski definition) is 2. The van der Waals surface area contributed by atoms with Gasteiger partial charge in [-0.1, -0.05) is 0 Å². The molecule has 0 heterocycles. The Morgan fingerprint density at radius 1 is 1.78 bits per heavy atom. The molecular weight excluding hydrogens is 313 g/mol. The zero-order chi connectivity index (χ0) is 6.12. The zero-order valence-corrected chi connectivity index (χ0v) is 10.0. The maximum absolute atomic E-state index is 8.42. The van der Waals surface area contributed by atoms with Gasteiger partial charge in [0.2, 0.25) is 0 Å². The summed E-state index contributed by atoms with van der Waals surface area (Å²) >= 11 is 1.12. The van der Waals surface area contributed by atoms with Crippen molar-refractivity contribution in [2.45, 2.75) is 0 Å². The van der Waals surface area contributed by atoms with Crippen molar-refractivity contribution in [1.29, 1.82) is 0 Å². The molecule has 0 bridgehead atoms. The molecule has 0 aromatic carbocycles. The molecule has 0 saturated carbocycles. The van der Waals surface area contributed by atoms with Crippen molar-refractivity contribution in [1.82, 2.24) is 0 Å². The number of nitrogens with two attached hydrogens (primary N) is 1. The fourth-order valence-electron chi connectivity index (χ4n) is 0. The van der Waals surface area contributed by atoms with Crippen molar-refractivity contribution in [3.05, 3.63) is 13.1 Å². The third-order valence-corrected chi connectivity index (χ3v) is 0.612. The first-order valence-corrected chi connectivity index (χ1v) is 3.71. The standard InChI is InChI=1S/C3H7S.Ce.H2N.Ni.H2O.O/c1-3-4-2;;;;;/h1,3H2,2H3;;1H2;;1H2;/q-1;;-1;+1;;/p-1. The Morgan fingerprint density at radius 3 is 1.89 bits per heavy atom. The first-order valence-electron chi connectivity index (χ1n) is 1.47. The van der Waals surface area contributed by atoms with Crippen LogP contribution in [0.3, 0.4) is 0 Å². The van der Waals surface area contributed by atoms with Crippen LogP contribution in [0.5, 0.6) is 0 Å². The van der Waals surface area contributed by atoms with Gasteiger partial charge in [-0.15, -0.1) is 5.75 Å². The van der Waals surface area contributed by atoms with Gasteiger partial charge in [0.1, 0.15) is 0 Å². The van der Waals surface area contributed by atoms with Crippen molar-refractivity contribution < 1.29 is 64.6 Å². The Morgan fingerprint density at radius 2 is 1.89 bits per heavy atom. The second kappa shape index (κ2) is 32.6. The van der Waals surface area contributed by atoms with Gasteiger partial charge in [0, 0.05) is 41.7 Å². The summed E-state index contributed by atoms with van der Waals surface area (Å²) in [6.45, 7) is 3.57. The van der Waals surface area contributed by atoms with Crippen molar-refractivity contribution >= 4 is 11.8 Å². The Bertz CT molecular complexity index is 41.0. The number of hydrogen-bond donors (Lipinski definition) is 1. The van der Waals surface area contributed by atoms with E-state index in [0.717, 1.165) is 5.75 Å². The van der Waals surface area contributed by atoms with Gasteiger partial charge in [-0.3, -0.25) is 0 Å². The van der Waals surface area contributed by atoms with E-state index < -0.39 is 14.7 Å². The van der Waals surface area contributed by atoms with Crippen molar-refractivity contribution in [2.24, 2.45) is 0 Å². The molecule has 0 fully saturated rings. The van der Waals surface area contributed by atoms with Crippen LogP contribution in [-0.2, 0) is 18.6 Å². The van der Waals surface area contributed by atoms with Crippen LogP contribution in [0.1, 0.15) is 0 Å². The van der Waals surface area contributed by atoms with Gasteiger partial charge in [0.25, 0.3) is 0 Å². The molecule has 9 heavy (non-hydrogen) atoms. The van der Waals surface area contributed by atoms with Gasteiger partial charge >= 0.3 is 22.8 Å². The molecule has 0 spiro atoms. The van der Waals surface area contributed by atoms with Crippen LogP contribution >= 0.6 is 11.8 Å². The van der Waals surface area contributed by atoms with Gasteiger partial charge in [0.05, 0.1) is 0 Å². The topological polar surface area (TPSA) is 70.8 Å². The average molecular weight is 323 g/mol. The van der Waals surface area contributed by atoms with Crippen LogP contribution in [0.4, 0.5) is 0 Å². The van der Waals surface area contributed by atoms with Crippen molar-refractivity contribution in [3.63, 3.8) is 0 Å². The molecule has 0 radical (unpaired) electrons. The van der Waals surface area contributed by atoms with E-state index >= 15 is 0 Å². The second-order valence-corrected chi connectivity index (χ2v) is 1.72. The van der Waals surface area contributed by atoms with Gasteiger partial charge in [0.15, 0.2) is 0 Å². The second-order valence-electron chi connectivity index (χ2n) is 0.551. The summed E-state index contributed by atoms with van der Waals surface area (Å²) in [5, 5.41) is 0. The molecule has 0 aromatic rings. The van der Waals surface area contributed by atoms with Crippen LogP contribution in [0.2, 0.25) is 0 Å². The van der Waals surface area contributed by atoms with Gasteiger partial charge in [-0.05, 0) is 6.26 Å². The molecule has 3 nitrogen and oxygen atoms in total. The summed E-state index contributed by atoms with van der Waals surface area (Å²) in [6, 6.07) is 0. The number of thioether (sulfide) groups is 1. The Balaban J connectivity index is -0.0000000233. The molecule has 3 N–H and O–H groups in total. The third-order valence-electron chi connectivity index (χ3n) is 0.204. The van der Waals surface area contributed by atoms with E-state index in [9.17, 15) is 0 Å². The van der Waals surface area contributed by atoms with Crippen LogP contribution in [0, 0.1) is 48.7 Å². The predicted octanol–water partition coefficient (Wildman–Crippen LogP) is 1.22. The van der Waals surface area contributed by atoms with Gasteiger partial charge in [-0.25, -0.2) is 0 Å². The SMILES string of the molecule is [CH2-]CSC.[Ce].[NH2-].[O]=[Ni][OH]. The molecular formula is C3H10CeNNiO2S-2. The van der Waals surface area contributed by atoms with Crippen LogP contribution in [0.25, 0.3) is 6.15 Å². The summed E-state index contributed by atoms with van der Waals surface area (Å²) in [4.78, 5) is 0. The molecule has 0 saturated heterocycles. The molecule has 0 aromatic heterocycles. The quantitative estimate of drug-likeness (QED) is 0.583. The van der Waals surface area contributed by atoms with Gasteiger partial charge in [-0.2, -0.15) is 11.8 Å². The Hall–Kier alpha value is 1.94. The fourth-order valence-corrected chi connectivity index (χ4v) is 0. The normalized spacial score (nSPS) is 5.67. The zero-order valence-electron chi connectivity index (χ0n) is 5.07.